The highest BCUT2D eigenvalue weighted by Gasteiger charge is 2.44. The van der Waals surface area contributed by atoms with Crippen molar-refractivity contribution in [3.8, 4) is 11.5 Å². The molecule has 4 N–H and O–H groups in total. The van der Waals surface area contributed by atoms with Crippen LogP contribution < -0.4 is 15.9 Å². The maximum Gasteiger partial charge on any atom is 0.345 e. The van der Waals surface area contributed by atoms with Crippen molar-refractivity contribution in [1.82, 2.24) is 14.8 Å². The molecule has 0 aliphatic carbocycles. The highest BCUT2D eigenvalue weighted by Crippen LogP contribution is 2.26. The Hall–Kier alpha value is -4.57. The number of ether oxygens (including phenoxy) is 1. The number of carboxylic acid groups (broad SMARTS) is 1. The summed E-state index contributed by atoms with van der Waals surface area (Å²) < 4.78 is 5.82. The summed E-state index contributed by atoms with van der Waals surface area (Å²) >= 11 is 0. The molecular formula is C27H29N5O5. The summed E-state index contributed by atoms with van der Waals surface area (Å²) in [4.78, 5) is 40.1. The monoisotopic (exact) mass is 503 g/mol. The first kappa shape index (κ1) is 25.5. The standard InChI is InChI=1S/C27H29N5O5/c1-18-8-10-20(11-9-18)17-30-25(32(28)27(36)31(26(30)35)16-19(2)24(33)34)29-21-12-14-23(15-13-21)37-22-6-4-3-5-7-22/h3-15,19,25,29H,16-17,28H2,1-2H3,(H,33,34)/t19-,25?/m0/s1. The summed E-state index contributed by atoms with van der Waals surface area (Å²) in [5, 5.41) is 13.4. The molecule has 192 valence electrons. The van der Waals surface area contributed by atoms with Gasteiger partial charge in [0.25, 0.3) is 0 Å². The molecule has 1 unspecified atom stereocenters. The third-order valence-electron chi connectivity index (χ3n) is 5.97. The fourth-order valence-corrected chi connectivity index (χ4v) is 3.83. The van der Waals surface area contributed by atoms with E-state index < -0.39 is 30.2 Å². The van der Waals surface area contributed by atoms with Gasteiger partial charge in [0.05, 0.1) is 12.5 Å². The maximum absolute atomic E-state index is 13.5. The van der Waals surface area contributed by atoms with E-state index in [1.165, 1.54) is 11.8 Å². The average Bonchev–Trinajstić information content (AvgIpc) is 2.90. The molecule has 2 atom stereocenters. The molecule has 0 saturated carbocycles. The van der Waals surface area contributed by atoms with Gasteiger partial charge in [-0.05, 0) is 48.9 Å². The van der Waals surface area contributed by atoms with Gasteiger partial charge in [-0.25, -0.2) is 25.3 Å². The number of carbonyl (C=O) groups is 3. The Morgan fingerprint density at radius 1 is 0.973 bits per heavy atom. The third kappa shape index (κ3) is 5.99. The van der Waals surface area contributed by atoms with E-state index in [9.17, 15) is 19.5 Å². The van der Waals surface area contributed by atoms with Crippen molar-refractivity contribution in [2.75, 3.05) is 11.9 Å². The Balaban J connectivity index is 1.57. The number of nitrogens with two attached hydrogens (primary N) is 1. The fraction of sp³-hybridized carbons (Fsp3) is 0.222. The Labute approximate surface area is 214 Å². The van der Waals surface area contributed by atoms with Gasteiger partial charge in [-0.2, -0.15) is 0 Å². The number of aryl methyl sites for hydroxylation is 1. The van der Waals surface area contributed by atoms with Gasteiger partial charge < -0.3 is 15.2 Å². The lowest BCUT2D eigenvalue weighted by atomic mass is 10.1. The minimum Gasteiger partial charge on any atom is -0.481 e. The number of hydrogen-bond acceptors (Lipinski definition) is 6. The number of rotatable bonds is 9. The molecule has 37 heavy (non-hydrogen) atoms. The number of carbonyl (C=O) groups excluding carboxylic acids is 2. The van der Waals surface area contributed by atoms with E-state index in [2.05, 4.69) is 5.32 Å². The number of urea groups is 2. The number of carboxylic acids is 1. The van der Waals surface area contributed by atoms with E-state index in [0.29, 0.717) is 17.2 Å². The van der Waals surface area contributed by atoms with Gasteiger partial charge in [0.2, 0.25) is 6.29 Å². The number of hydrogen-bond donors (Lipinski definition) is 3. The van der Waals surface area contributed by atoms with Gasteiger partial charge in [-0.3, -0.25) is 9.69 Å². The van der Waals surface area contributed by atoms with E-state index in [-0.39, 0.29) is 13.1 Å². The lowest BCUT2D eigenvalue weighted by Crippen LogP contribution is -2.70. The van der Waals surface area contributed by atoms with Crippen molar-refractivity contribution < 1.29 is 24.2 Å². The van der Waals surface area contributed by atoms with Crippen LogP contribution in [0.3, 0.4) is 0 Å². The summed E-state index contributed by atoms with van der Waals surface area (Å²) in [7, 11) is 0. The SMILES string of the molecule is Cc1ccc(CN2C(=O)N(C[C@H](C)C(=O)O)C(=O)N(N)C2Nc2ccc(Oc3ccccc3)cc2)cc1. The summed E-state index contributed by atoms with van der Waals surface area (Å²) in [5.74, 6) is 5.42. The number of nitrogens with zero attached hydrogens (tertiary/aromatic N) is 3. The van der Waals surface area contributed by atoms with Crippen LogP contribution in [0.4, 0.5) is 15.3 Å². The van der Waals surface area contributed by atoms with Crippen molar-refractivity contribution in [1.29, 1.82) is 0 Å². The second kappa shape index (κ2) is 11.0. The van der Waals surface area contributed by atoms with Gasteiger partial charge >= 0.3 is 18.0 Å². The lowest BCUT2D eigenvalue weighted by Gasteiger charge is -2.45. The van der Waals surface area contributed by atoms with Gasteiger partial charge in [0, 0.05) is 12.2 Å². The number of anilines is 1. The van der Waals surface area contributed by atoms with Crippen molar-refractivity contribution in [2.24, 2.45) is 11.8 Å². The van der Waals surface area contributed by atoms with Gasteiger partial charge in [-0.1, -0.05) is 55.0 Å². The zero-order valence-electron chi connectivity index (χ0n) is 20.6. The quantitative estimate of drug-likeness (QED) is 0.291. The van der Waals surface area contributed by atoms with Crippen LogP contribution in [0.1, 0.15) is 18.1 Å². The minimum atomic E-state index is -1.12. The van der Waals surface area contributed by atoms with Crippen molar-refractivity contribution in [2.45, 2.75) is 26.7 Å². The predicted octanol–water partition coefficient (Wildman–Crippen LogP) is 4.44. The van der Waals surface area contributed by atoms with Crippen molar-refractivity contribution in [3.05, 3.63) is 90.0 Å². The molecule has 0 aromatic heterocycles. The first-order valence-corrected chi connectivity index (χ1v) is 11.8. The largest absolute Gasteiger partial charge is 0.481 e. The molecule has 4 rings (SSSR count). The van der Waals surface area contributed by atoms with Crippen LogP contribution in [0.15, 0.2) is 78.9 Å². The molecule has 1 heterocycles. The van der Waals surface area contributed by atoms with E-state index in [1.54, 1.807) is 24.3 Å². The normalized spacial score (nSPS) is 16.5. The van der Waals surface area contributed by atoms with Crippen LogP contribution in [0, 0.1) is 12.8 Å². The number of imide groups is 1. The Kier molecular flexibility index (Phi) is 7.59. The molecule has 1 saturated heterocycles. The summed E-state index contributed by atoms with van der Waals surface area (Å²) in [6.45, 7) is 3.23. The zero-order valence-corrected chi connectivity index (χ0v) is 20.6. The molecule has 10 nitrogen and oxygen atoms in total. The third-order valence-corrected chi connectivity index (χ3v) is 5.97. The fourth-order valence-electron chi connectivity index (χ4n) is 3.83. The van der Waals surface area contributed by atoms with Gasteiger partial charge in [0.15, 0.2) is 0 Å². The van der Waals surface area contributed by atoms with E-state index >= 15 is 0 Å². The van der Waals surface area contributed by atoms with Crippen LogP contribution in [-0.2, 0) is 11.3 Å². The number of hydrazine groups is 1. The molecule has 1 aliphatic heterocycles. The summed E-state index contributed by atoms with van der Waals surface area (Å²) in [6, 6.07) is 22.6. The Morgan fingerprint density at radius 2 is 1.59 bits per heavy atom. The molecule has 0 bridgehead atoms. The van der Waals surface area contributed by atoms with Crippen LogP contribution in [0.25, 0.3) is 0 Å². The Morgan fingerprint density at radius 3 is 2.22 bits per heavy atom. The topological polar surface area (TPSA) is 128 Å². The Bertz CT molecular complexity index is 1250. The number of benzene rings is 3. The van der Waals surface area contributed by atoms with Gasteiger partial charge in [0.1, 0.15) is 11.5 Å². The zero-order chi connectivity index (χ0) is 26.5. The van der Waals surface area contributed by atoms with E-state index in [1.807, 2.05) is 61.5 Å². The highest BCUT2D eigenvalue weighted by molar-refractivity contribution is 5.96. The van der Waals surface area contributed by atoms with Crippen molar-refractivity contribution >= 4 is 23.7 Å². The molecule has 10 heteroatoms. The summed E-state index contributed by atoms with van der Waals surface area (Å²) in [5.41, 5.74) is 2.49. The molecule has 0 spiro atoms. The van der Waals surface area contributed by atoms with Gasteiger partial charge in [-0.15, -0.1) is 0 Å². The number of aliphatic carboxylic acids is 1. The number of amides is 4. The second-order valence-corrected chi connectivity index (χ2v) is 8.89. The molecular weight excluding hydrogens is 474 g/mol. The number of nitrogens with one attached hydrogen (secondary N) is 1. The lowest BCUT2D eigenvalue weighted by molar-refractivity contribution is -0.141. The highest BCUT2D eigenvalue weighted by atomic mass is 16.5. The molecule has 1 aliphatic rings. The first-order chi connectivity index (χ1) is 17.7. The second-order valence-electron chi connectivity index (χ2n) is 8.89. The molecule has 4 amide bonds. The van der Waals surface area contributed by atoms with Crippen LogP contribution in [0.5, 0.6) is 11.5 Å². The van der Waals surface area contributed by atoms with E-state index in [0.717, 1.165) is 21.0 Å². The average molecular weight is 504 g/mol. The molecule has 3 aromatic carbocycles. The minimum absolute atomic E-state index is 0.144. The summed E-state index contributed by atoms with van der Waals surface area (Å²) in [6.07, 6.45) is -1.02. The van der Waals surface area contributed by atoms with Crippen LogP contribution >= 0.6 is 0 Å². The molecule has 3 aromatic rings. The molecule has 1 fully saturated rings. The van der Waals surface area contributed by atoms with E-state index in [4.69, 9.17) is 10.6 Å². The predicted molar refractivity (Wildman–Crippen MR) is 137 cm³/mol. The first-order valence-electron chi connectivity index (χ1n) is 11.8. The van der Waals surface area contributed by atoms with Crippen LogP contribution in [-0.4, -0.2) is 50.8 Å². The molecule has 0 radical (unpaired) electrons. The van der Waals surface area contributed by atoms with Crippen molar-refractivity contribution in [3.63, 3.8) is 0 Å². The van der Waals surface area contributed by atoms with Crippen LogP contribution in [0.2, 0.25) is 0 Å². The smallest absolute Gasteiger partial charge is 0.345 e. The number of para-hydroxylation sites is 1. The maximum atomic E-state index is 13.5.